The van der Waals surface area contributed by atoms with Crippen LogP contribution in [0.4, 0.5) is 4.39 Å². The largest absolute Gasteiger partial charge is 0.283 e. The summed E-state index contributed by atoms with van der Waals surface area (Å²) in [6, 6.07) is 12.7. The lowest BCUT2D eigenvalue weighted by atomic mass is 10.1. The minimum absolute atomic E-state index is 0.00691. The van der Waals surface area contributed by atoms with E-state index >= 15 is 0 Å². The highest BCUT2D eigenvalue weighted by Gasteiger charge is 2.18. The van der Waals surface area contributed by atoms with Crippen LogP contribution in [-0.4, -0.2) is 21.0 Å². The average molecular weight is 332 g/mol. The average Bonchev–Trinajstić information content (AvgIpc) is 3.09. The molecule has 3 heterocycles. The van der Waals surface area contributed by atoms with Gasteiger partial charge in [0.05, 0.1) is 24.0 Å². The number of hydrogen-bond donors (Lipinski definition) is 0. The second-order valence-electron chi connectivity index (χ2n) is 5.92. The molecule has 0 radical (unpaired) electrons. The summed E-state index contributed by atoms with van der Waals surface area (Å²) in [5.74, 6) is -0.223. The predicted octanol–water partition coefficient (Wildman–Crippen LogP) is 4.20. The predicted molar refractivity (Wildman–Crippen MR) is 96.0 cm³/mol. The molecule has 0 fully saturated rings. The molecule has 0 amide bonds. The van der Waals surface area contributed by atoms with Gasteiger partial charge >= 0.3 is 0 Å². The second-order valence-corrected chi connectivity index (χ2v) is 5.92. The third-order valence-electron chi connectivity index (χ3n) is 4.24. The molecule has 2 aromatic heterocycles. The number of allylic oxidation sites excluding steroid dienone is 1. The van der Waals surface area contributed by atoms with E-state index in [1.807, 2.05) is 35.0 Å². The highest BCUT2D eigenvalue weighted by molar-refractivity contribution is 5.72. The highest BCUT2D eigenvalue weighted by Crippen LogP contribution is 2.28. The van der Waals surface area contributed by atoms with Gasteiger partial charge < -0.3 is 0 Å². The van der Waals surface area contributed by atoms with Crippen LogP contribution in [0.1, 0.15) is 23.7 Å². The van der Waals surface area contributed by atoms with Gasteiger partial charge in [-0.25, -0.2) is 4.39 Å². The number of rotatable bonds is 4. The summed E-state index contributed by atoms with van der Waals surface area (Å²) in [7, 11) is 0. The lowest BCUT2D eigenvalue weighted by molar-refractivity contribution is 0.579. The van der Waals surface area contributed by atoms with Gasteiger partial charge in [0.2, 0.25) is 0 Å². The van der Waals surface area contributed by atoms with E-state index in [-0.39, 0.29) is 11.9 Å². The Kier molecular flexibility index (Phi) is 4.21. The zero-order chi connectivity index (χ0) is 17.1. The topological polar surface area (TPSA) is 43.1 Å². The Hall–Kier alpha value is -3.08. The van der Waals surface area contributed by atoms with Gasteiger partial charge in [-0.3, -0.25) is 14.7 Å². The minimum atomic E-state index is -0.223. The van der Waals surface area contributed by atoms with Gasteiger partial charge in [-0.1, -0.05) is 24.3 Å². The Bertz CT molecular complexity index is 928. The van der Waals surface area contributed by atoms with E-state index < -0.39 is 0 Å². The summed E-state index contributed by atoms with van der Waals surface area (Å²) in [6.07, 6.45) is 10.1. The van der Waals surface area contributed by atoms with Gasteiger partial charge in [0.25, 0.3) is 0 Å². The molecule has 3 aromatic rings. The molecule has 124 valence electrons. The first kappa shape index (κ1) is 15.4. The quantitative estimate of drug-likeness (QED) is 0.718. The monoisotopic (exact) mass is 332 g/mol. The van der Waals surface area contributed by atoms with Crippen LogP contribution in [0.25, 0.3) is 11.3 Å². The summed E-state index contributed by atoms with van der Waals surface area (Å²) >= 11 is 0. The number of hydrogen-bond acceptors (Lipinski definition) is 3. The molecule has 0 aliphatic carbocycles. The summed E-state index contributed by atoms with van der Waals surface area (Å²) in [4.78, 5) is 8.57. The molecule has 5 heteroatoms. The van der Waals surface area contributed by atoms with E-state index in [4.69, 9.17) is 5.10 Å². The van der Waals surface area contributed by atoms with Crippen LogP contribution in [0.15, 0.2) is 72.0 Å². The van der Waals surface area contributed by atoms with E-state index in [9.17, 15) is 4.39 Å². The van der Waals surface area contributed by atoms with Crippen LogP contribution in [0.5, 0.6) is 0 Å². The molecule has 0 bridgehead atoms. The van der Waals surface area contributed by atoms with Crippen molar-refractivity contribution in [2.24, 2.45) is 4.99 Å². The SMILES string of the molecule is Fc1ccccc1Cn1nc(C2CC=CC=N2)cc1-c1ccncc1. The number of halogens is 1. The van der Waals surface area contributed by atoms with Crippen LogP contribution < -0.4 is 0 Å². The van der Waals surface area contributed by atoms with Crippen LogP contribution in [0.2, 0.25) is 0 Å². The Morgan fingerprint density at radius 3 is 2.72 bits per heavy atom. The summed E-state index contributed by atoms with van der Waals surface area (Å²) in [5, 5.41) is 4.73. The van der Waals surface area contributed by atoms with Crippen molar-refractivity contribution in [1.29, 1.82) is 0 Å². The fourth-order valence-corrected chi connectivity index (χ4v) is 2.94. The van der Waals surface area contributed by atoms with E-state index in [2.05, 4.69) is 16.1 Å². The number of nitrogens with zero attached hydrogens (tertiary/aromatic N) is 4. The smallest absolute Gasteiger partial charge is 0.128 e. The minimum Gasteiger partial charge on any atom is -0.283 e. The Balaban J connectivity index is 1.75. The summed E-state index contributed by atoms with van der Waals surface area (Å²) < 4.78 is 15.9. The van der Waals surface area contributed by atoms with Crippen LogP contribution >= 0.6 is 0 Å². The molecule has 0 spiro atoms. The van der Waals surface area contributed by atoms with Crippen LogP contribution in [0.3, 0.4) is 0 Å². The van der Waals surface area contributed by atoms with E-state index in [1.54, 1.807) is 30.7 Å². The molecule has 1 unspecified atom stereocenters. The summed E-state index contributed by atoms with van der Waals surface area (Å²) in [6.45, 7) is 0.372. The fourth-order valence-electron chi connectivity index (χ4n) is 2.94. The van der Waals surface area contributed by atoms with Gasteiger partial charge in [-0.15, -0.1) is 0 Å². The van der Waals surface area contributed by atoms with E-state index in [0.717, 1.165) is 23.4 Å². The van der Waals surface area contributed by atoms with Crippen molar-refractivity contribution in [3.8, 4) is 11.3 Å². The lowest BCUT2D eigenvalue weighted by Crippen LogP contribution is -2.07. The van der Waals surface area contributed by atoms with Crippen molar-refractivity contribution in [2.45, 2.75) is 19.0 Å². The first-order valence-electron chi connectivity index (χ1n) is 8.21. The van der Waals surface area contributed by atoms with E-state index in [1.165, 1.54) is 6.07 Å². The molecule has 1 aromatic carbocycles. The Labute approximate surface area is 145 Å². The molecule has 1 aliphatic heterocycles. The molecule has 4 nitrogen and oxygen atoms in total. The molecule has 4 rings (SSSR count). The fraction of sp³-hybridized carbons (Fsp3) is 0.150. The van der Waals surface area contributed by atoms with Crippen LogP contribution in [-0.2, 0) is 6.54 Å². The van der Waals surface area contributed by atoms with Gasteiger partial charge in [-0.05, 0) is 36.8 Å². The van der Waals surface area contributed by atoms with Gasteiger partial charge in [0, 0.05) is 29.7 Å². The first-order valence-corrected chi connectivity index (χ1v) is 8.21. The van der Waals surface area contributed by atoms with Crippen molar-refractivity contribution in [1.82, 2.24) is 14.8 Å². The highest BCUT2D eigenvalue weighted by atomic mass is 19.1. The van der Waals surface area contributed by atoms with Gasteiger partial charge in [-0.2, -0.15) is 5.10 Å². The molecule has 1 aliphatic rings. The standard InChI is InChI=1S/C20H17FN4/c21-17-6-2-1-5-16(17)14-25-20(15-8-11-22-12-9-15)13-19(24-25)18-7-3-4-10-23-18/h1-6,8-13,18H,7,14H2. The molecule has 0 saturated carbocycles. The Morgan fingerprint density at radius 2 is 1.96 bits per heavy atom. The maximum Gasteiger partial charge on any atom is 0.128 e. The van der Waals surface area contributed by atoms with Crippen molar-refractivity contribution >= 4 is 6.21 Å². The zero-order valence-corrected chi connectivity index (χ0v) is 13.6. The van der Waals surface area contributed by atoms with Crippen molar-refractivity contribution in [3.05, 3.63) is 84.1 Å². The normalized spacial score (nSPS) is 16.3. The number of dihydropyridines is 1. The molecule has 0 N–H and O–H groups in total. The van der Waals surface area contributed by atoms with Gasteiger partial charge in [0.1, 0.15) is 5.82 Å². The lowest BCUT2D eigenvalue weighted by Gasteiger charge is -2.09. The first-order chi connectivity index (χ1) is 12.3. The second kappa shape index (κ2) is 6.81. The number of aliphatic imine (C=N–C) groups is 1. The molecular formula is C20H17FN4. The van der Waals surface area contributed by atoms with Crippen molar-refractivity contribution in [3.63, 3.8) is 0 Å². The number of benzene rings is 1. The summed E-state index contributed by atoms with van der Waals surface area (Å²) in [5.41, 5.74) is 3.44. The van der Waals surface area contributed by atoms with Crippen LogP contribution in [0, 0.1) is 5.82 Å². The van der Waals surface area contributed by atoms with Crippen molar-refractivity contribution in [2.75, 3.05) is 0 Å². The molecular weight excluding hydrogens is 315 g/mol. The van der Waals surface area contributed by atoms with E-state index in [0.29, 0.717) is 12.1 Å². The number of aromatic nitrogens is 3. The van der Waals surface area contributed by atoms with Gasteiger partial charge in [0.15, 0.2) is 0 Å². The van der Waals surface area contributed by atoms with Crippen molar-refractivity contribution < 1.29 is 4.39 Å². The third-order valence-corrected chi connectivity index (χ3v) is 4.24. The third kappa shape index (κ3) is 3.26. The molecule has 1 atom stereocenters. The Morgan fingerprint density at radius 1 is 1.12 bits per heavy atom. The zero-order valence-electron chi connectivity index (χ0n) is 13.6. The maximum absolute atomic E-state index is 14.1. The number of pyridine rings is 1. The molecule has 0 saturated heterocycles. The maximum atomic E-state index is 14.1. The molecule has 25 heavy (non-hydrogen) atoms.